The number of hydrogen-bond acceptors (Lipinski definition) is 4. The Balaban J connectivity index is 1.55. The number of nitrogens with one attached hydrogen (secondary N) is 4. The van der Waals surface area contributed by atoms with E-state index in [-0.39, 0.29) is 30.1 Å². The Morgan fingerprint density at radius 1 is 0.964 bits per heavy atom. The van der Waals surface area contributed by atoms with Crippen LogP contribution >= 0.6 is 0 Å². The predicted octanol–water partition coefficient (Wildman–Crippen LogP) is 2.71. The first-order valence-corrected chi connectivity index (χ1v) is 10.8. The fraction of sp³-hybridized carbons (Fsp3) is 0.900. The normalized spacial score (nSPS) is 37.1. The van der Waals surface area contributed by atoms with Crippen molar-refractivity contribution in [2.75, 3.05) is 0 Å². The van der Waals surface area contributed by atoms with Gasteiger partial charge in [-0.25, -0.2) is 19.2 Å². The van der Waals surface area contributed by atoms with Crippen LogP contribution in [0.5, 0.6) is 0 Å². The van der Waals surface area contributed by atoms with Crippen molar-refractivity contribution in [3.63, 3.8) is 0 Å². The molecule has 1 saturated heterocycles. The standard InChI is InChI=1S/C20H35F2N5O/c1-12(2)23-20(25-19(28)14-5-9-16(22)10-6-14)24-18-11-17(26-27-18)13-3-7-15(21)8-4-13/h12-18,26-27H,3-11H2,1-2H3,(H2,23,24,25,28). The molecule has 0 bridgehead atoms. The molecule has 6 nitrogen and oxygen atoms in total. The Morgan fingerprint density at radius 3 is 2.18 bits per heavy atom. The lowest BCUT2D eigenvalue weighted by Crippen LogP contribution is -2.48. The Labute approximate surface area is 166 Å². The van der Waals surface area contributed by atoms with Crippen LogP contribution in [0.4, 0.5) is 8.78 Å². The molecule has 3 fully saturated rings. The summed E-state index contributed by atoms with van der Waals surface area (Å²) in [6, 6.07) is 0.405. The molecule has 0 spiro atoms. The van der Waals surface area contributed by atoms with Crippen LogP contribution in [0.2, 0.25) is 0 Å². The number of halogens is 2. The van der Waals surface area contributed by atoms with E-state index in [1.165, 1.54) is 0 Å². The van der Waals surface area contributed by atoms with Gasteiger partial charge in [0.05, 0.1) is 0 Å². The van der Waals surface area contributed by atoms with Gasteiger partial charge in [0.15, 0.2) is 5.96 Å². The van der Waals surface area contributed by atoms with Gasteiger partial charge in [-0.3, -0.25) is 15.5 Å². The third-order valence-electron chi connectivity index (χ3n) is 6.16. The molecule has 0 aromatic carbocycles. The van der Waals surface area contributed by atoms with E-state index < -0.39 is 12.3 Å². The minimum atomic E-state index is -0.774. The molecule has 3 aliphatic rings. The lowest BCUT2D eigenvalue weighted by atomic mass is 9.82. The summed E-state index contributed by atoms with van der Waals surface area (Å²) in [6.07, 6.45) is 4.44. The van der Waals surface area contributed by atoms with Crippen LogP contribution in [0.25, 0.3) is 0 Å². The SMILES string of the molecule is CC(C)N/C(=N\C1CC(C2CCC(F)CC2)NN1)NC(=O)C1CCC(F)CC1. The highest BCUT2D eigenvalue weighted by Gasteiger charge is 2.33. The maximum atomic E-state index is 13.4. The molecule has 1 heterocycles. The van der Waals surface area contributed by atoms with Gasteiger partial charge in [0.25, 0.3) is 0 Å². The molecule has 2 aliphatic carbocycles. The molecule has 3 rings (SSSR count). The van der Waals surface area contributed by atoms with E-state index in [9.17, 15) is 13.6 Å². The molecule has 2 unspecified atom stereocenters. The maximum absolute atomic E-state index is 13.4. The number of rotatable bonds is 4. The molecule has 2 atom stereocenters. The van der Waals surface area contributed by atoms with Crippen molar-refractivity contribution in [1.29, 1.82) is 0 Å². The highest BCUT2D eigenvalue weighted by atomic mass is 19.1. The topological polar surface area (TPSA) is 77.6 Å². The summed E-state index contributed by atoms with van der Waals surface area (Å²) in [5.74, 6) is 0.702. The minimum Gasteiger partial charge on any atom is -0.354 e. The zero-order valence-corrected chi connectivity index (χ0v) is 17.0. The van der Waals surface area contributed by atoms with Crippen LogP contribution in [0, 0.1) is 11.8 Å². The van der Waals surface area contributed by atoms with Crippen LogP contribution in [-0.4, -0.2) is 42.5 Å². The van der Waals surface area contributed by atoms with E-state index >= 15 is 0 Å². The number of carbonyl (C=O) groups excluding carboxylic acids is 1. The van der Waals surface area contributed by atoms with Gasteiger partial charge in [0.1, 0.15) is 18.5 Å². The smallest absolute Gasteiger partial charge is 0.229 e. The summed E-state index contributed by atoms with van der Waals surface area (Å²) < 4.78 is 26.7. The predicted molar refractivity (Wildman–Crippen MR) is 106 cm³/mol. The van der Waals surface area contributed by atoms with Gasteiger partial charge in [-0.05, 0) is 71.1 Å². The Morgan fingerprint density at radius 2 is 1.57 bits per heavy atom. The van der Waals surface area contributed by atoms with Gasteiger partial charge in [0.2, 0.25) is 5.91 Å². The molecule has 1 aliphatic heterocycles. The van der Waals surface area contributed by atoms with E-state index in [0.717, 1.165) is 19.3 Å². The minimum absolute atomic E-state index is 0.0809. The van der Waals surface area contributed by atoms with Crippen molar-refractivity contribution >= 4 is 11.9 Å². The van der Waals surface area contributed by atoms with Gasteiger partial charge >= 0.3 is 0 Å². The van der Waals surface area contributed by atoms with Crippen molar-refractivity contribution in [3.8, 4) is 0 Å². The second-order valence-corrected chi connectivity index (χ2v) is 8.87. The third-order valence-corrected chi connectivity index (χ3v) is 6.16. The first kappa shape index (κ1) is 21.4. The summed E-state index contributed by atoms with van der Waals surface area (Å²) in [6.45, 7) is 3.99. The Bertz CT molecular complexity index is 543. The van der Waals surface area contributed by atoms with Crippen LogP contribution in [0.3, 0.4) is 0 Å². The van der Waals surface area contributed by atoms with Gasteiger partial charge in [0, 0.05) is 24.4 Å². The highest BCUT2D eigenvalue weighted by molar-refractivity contribution is 5.98. The second kappa shape index (κ2) is 9.96. The van der Waals surface area contributed by atoms with E-state index in [4.69, 9.17) is 0 Å². The third kappa shape index (κ3) is 6.11. The van der Waals surface area contributed by atoms with Crippen LogP contribution in [-0.2, 0) is 4.79 Å². The molecule has 0 radical (unpaired) electrons. The van der Waals surface area contributed by atoms with E-state index in [1.807, 2.05) is 13.8 Å². The first-order valence-electron chi connectivity index (χ1n) is 10.8. The zero-order chi connectivity index (χ0) is 20.1. The fourth-order valence-electron chi connectivity index (χ4n) is 4.51. The molecule has 160 valence electrons. The van der Waals surface area contributed by atoms with Crippen molar-refractivity contribution in [2.45, 2.75) is 102 Å². The van der Waals surface area contributed by atoms with Gasteiger partial charge < -0.3 is 5.32 Å². The monoisotopic (exact) mass is 399 g/mol. The number of amides is 1. The van der Waals surface area contributed by atoms with Crippen LogP contribution in [0.1, 0.15) is 71.6 Å². The average molecular weight is 400 g/mol. The molecule has 28 heavy (non-hydrogen) atoms. The van der Waals surface area contributed by atoms with Crippen molar-refractivity contribution in [3.05, 3.63) is 0 Å². The lowest BCUT2D eigenvalue weighted by Gasteiger charge is -2.28. The number of nitrogens with zero attached hydrogens (tertiary/aromatic N) is 1. The van der Waals surface area contributed by atoms with Crippen LogP contribution in [0.15, 0.2) is 4.99 Å². The number of carbonyl (C=O) groups is 1. The first-order chi connectivity index (χ1) is 13.4. The molecular weight excluding hydrogens is 364 g/mol. The molecule has 2 saturated carbocycles. The fourth-order valence-corrected chi connectivity index (χ4v) is 4.51. The molecular formula is C20H35F2N5O. The van der Waals surface area contributed by atoms with E-state index in [2.05, 4.69) is 26.5 Å². The maximum Gasteiger partial charge on any atom is 0.229 e. The van der Waals surface area contributed by atoms with Crippen molar-refractivity contribution < 1.29 is 13.6 Å². The number of aliphatic imine (C=N–C) groups is 1. The molecule has 0 aromatic heterocycles. The Hall–Kier alpha value is -1.28. The number of guanidine groups is 1. The molecule has 0 aromatic rings. The van der Waals surface area contributed by atoms with E-state index in [0.29, 0.717) is 50.4 Å². The van der Waals surface area contributed by atoms with Gasteiger partial charge in [-0.15, -0.1) is 0 Å². The largest absolute Gasteiger partial charge is 0.354 e. The zero-order valence-electron chi connectivity index (χ0n) is 17.0. The Kier molecular flexibility index (Phi) is 7.62. The summed E-state index contributed by atoms with van der Waals surface area (Å²) in [5, 5.41) is 6.13. The second-order valence-electron chi connectivity index (χ2n) is 8.87. The quantitative estimate of drug-likeness (QED) is 0.433. The summed E-state index contributed by atoms with van der Waals surface area (Å²) >= 11 is 0. The average Bonchev–Trinajstić information content (AvgIpc) is 3.10. The number of alkyl halides is 2. The highest BCUT2D eigenvalue weighted by Crippen LogP contribution is 2.31. The van der Waals surface area contributed by atoms with Crippen molar-refractivity contribution in [2.24, 2.45) is 16.8 Å². The van der Waals surface area contributed by atoms with Crippen LogP contribution < -0.4 is 21.5 Å². The molecule has 1 amide bonds. The van der Waals surface area contributed by atoms with Crippen molar-refractivity contribution in [1.82, 2.24) is 21.5 Å². The number of hydrazine groups is 1. The van der Waals surface area contributed by atoms with Gasteiger partial charge in [-0.2, -0.15) is 0 Å². The number of hydrogen-bond donors (Lipinski definition) is 4. The van der Waals surface area contributed by atoms with Gasteiger partial charge in [-0.1, -0.05) is 0 Å². The lowest BCUT2D eigenvalue weighted by molar-refractivity contribution is -0.124. The molecule has 4 N–H and O–H groups in total. The summed E-state index contributed by atoms with van der Waals surface area (Å²) in [7, 11) is 0. The van der Waals surface area contributed by atoms with E-state index in [1.54, 1.807) is 0 Å². The summed E-state index contributed by atoms with van der Waals surface area (Å²) in [5.41, 5.74) is 6.52. The summed E-state index contributed by atoms with van der Waals surface area (Å²) in [4.78, 5) is 17.3. The molecule has 8 heteroatoms.